The van der Waals surface area contributed by atoms with Gasteiger partial charge >= 0.3 is 0 Å². The molecule has 4 nitrogen and oxygen atoms in total. The molecule has 0 aliphatic heterocycles. The maximum absolute atomic E-state index is 8.82. The van der Waals surface area contributed by atoms with Gasteiger partial charge in [0.05, 0.1) is 0 Å². The molecular formula is C6H12O4Y-2. The van der Waals surface area contributed by atoms with Crippen molar-refractivity contribution in [3.8, 4) is 0 Å². The summed E-state index contributed by atoms with van der Waals surface area (Å²) >= 11 is 0. The van der Waals surface area contributed by atoms with Crippen molar-refractivity contribution in [2.75, 3.05) is 6.61 Å². The number of aliphatic hydroxyl groups excluding tert-OH is 4. The average Bonchev–Trinajstić information content (AvgIpc) is 1.87. The van der Waals surface area contributed by atoms with Crippen LogP contribution in [-0.2, 0) is 32.7 Å². The summed E-state index contributed by atoms with van der Waals surface area (Å²) in [7, 11) is 0. The standard InChI is InChI=1S/C6H12O4.Y/c1-4(8)6(10)5(9)2-3-7;/h2,4-10H,1,3H2;/q-2;/t4-,5-,6?;/m1./s1. The van der Waals surface area contributed by atoms with E-state index in [1.165, 1.54) is 0 Å². The molecule has 0 aromatic carbocycles. The van der Waals surface area contributed by atoms with Crippen molar-refractivity contribution in [1.29, 1.82) is 0 Å². The maximum atomic E-state index is 8.82. The zero-order valence-corrected chi connectivity index (χ0v) is 8.93. The first-order chi connectivity index (χ1) is 4.59. The molecule has 0 amide bonds. The first kappa shape index (κ1) is 14.5. The molecular weight excluding hydrogens is 225 g/mol. The molecule has 1 unspecified atom stereocenters. The number of hydrogen-bond acceptors (Lipinski definition) is 4. The zero-order chi connectivity index (χ0) is 8.15. The predicted octanol–water partition coefficient (Wildman–Crippen LogP) is -1.90. The van der Waals surface area contributed by atoms with Crippen molar-refractivity contribution in [1.82, 2.24) is 0 Å². The van der Waals surface area contributed by atoms with E-state index in [0.29, 0.717) is 0 Å². The minimum Gasteiger partial charge on any atom is -0.428 e. The van der Waals surface area contributed by atoms with Gasteiger partial charge in [-0.05, 0) is 12.2 Å². The van der Waals surface area contributed by atoms with E-state index in [0.717, 1.165) is 6.42 Å². The first-order valence-electron chi connectivity index (χ1n) is 2.91. The van der Waals surface area contributed by atoms with Gasteiger partial charge in [0, 0.05) is 38.8 Å². The van der Waals surface area contributed by atoms with E-state index in [-0.39, 0.29) is 39.3 Å². The van der Waals surface area contributed by atoms with Gasteiger partial charge < -0.3 is 27.3 Å². The second-order valence-corrected chi connectivity index (χ2v) is 1.97. The Balaban J connectivity index is 0. The van der Waals surface area contributed by atoms with Gasteiger partial charge in [-0.15, -0.1) is 0 Å². The molecule has 3 atom stereocenters. The van der Waals surface area contributed by atoms with Gasteiger partial charge in [0.1, 0.15) is 0 Å². The summed E-state index contributed by atoms with van der Waals surface area (Å²) in [4.78, 5) is 0. The van der Waals surface area contributed by atoms with Crippen LogP contribution in [0.3, 0.4) is 0 Å². The summed E-state index contributed by atoms with van der Waals surface area (Å²) in [6.45, 7) is 2.74. The summed E-state index contributed by atoms with van der Waals surface area (Å²) < 4.78 is 0. The topological polar surface area (TPSA) is 80.9 Å². The monoisotopic (exact) mass is 237 g/mol. The van der Waals surface area contributed by atoms with E-state index in [4.69, 9.17) is 20.4 Å². The quantitative estimate of drug-likeness (QED) is 0.430. The van der Waals surface area contributed by atoms with Crippen LogP contribution in [-0.4, -0.2) is 45.3 Å². The van der Waals surface area contributed by atoms with Gasteiger partial charge in [-0.3, -0.25) is 6.42 Å². The van der Waals surface area contributed by atoms with Gasteiger partial charge in [0.2, 0.25) is 0 Å². The molecule has 11 heavy (non-hydrogen) atoms. The average molecular weight is 237 g/mol. The summed E-state index contributed by atoms with van der Waals surface area (Å²) in [5.74, 6) is 0. The Hall–Kier alpha value is 0.944. The fourth-order valence-corrected chi connectivity index (χ4v) is 0.475. The predicted molar refractivity (Wildman–Crippen MR) is 34.8 cm³/mol. The molecule has 0 aliphatic rings. The van der Waals surface area contributed by atoms with Crippen LogP contribution in [0.15, 0.2) is 0 Å². The third-order valence-electron chi connectivity index (χ3n) is 1.09. The van der Waals surface area contributed by atoms with Crippen LogP contribution in [0.5, 0.6) is 0 Å². The van der Waals surface area contributed by atoms with Crippen molar-refractivity contribution in [3.05, 3.63) is 13.3 Å². The Morgan fingerprint density at radius 2 is 1.73 bits per heavy atom. The van der Waals surface area contributed by atoms with Crippen molar-refractivity contribution in [2.24, 2.45) is 0 Å². The van der Waals surface area contributed by atoms with Crippen LogP contribution in [0.25, 0.3) is 0 Å². The van der Waals surface area contributed by atoms with Crippen LogP contribution in [0.1, 0.15) is 0 Å². The van der Waals surface area contributed by atoms with E-state index in [2.05, 4.69) is 6.92 Å². The minimum atomic E-state index is -1.33. The molecule has 0 saturated heterocycles. The summed E-state index contributed by atoms with van der Waals surface area (Å²) in [5.41, 5.74) is 0. The normalized spacial score (nSPS) is 18.3. The number of aliphatic hydroxyl groups is 4. The van der Waals surface area contributed by atoms with Crippen LogP contribution >= 0.6 is 0 Å². The van der Waals surface area contributed by atoms with Gasteiger partial charge in [-0.1, -0.05) is 6.61 Å². The molecule has 0 saturated carbocycles. The molecule has 0 fully saturated rings. The molecule has 4 N–H and O–H groups in total. The number of rotatable bonds is 4. The SMILES string of the molecule is [CH2-][C@@H](O)C(O)[C@H](O)[CH-]CO.[Y]. The largest absolute Gasteiger partial charge is 0.428 e. The van der Waals surface area contributed by atoms with Crippen LogP contribution in [0.4, 0.5) is 0 Å². The van der Waals surface area contributed by atoms with Crippen molar-refractivity contribution in [2.45, 2.75) is 18.3 Å². The molecule has 0 aliphatic carbocycles. The van der Waals surface area contributed by atoms with Crippen LogP contribution in [0.2, 0.25) is 0 Å². The molecule has 0 rings (SSSR count). The Labute approximate surface area is 91.1 Å². The molecule has 0 spiro atoms. The van der Waals surface area contributed by atoms with Gasteiger partial charge in [-0.25, -0.2) is 0 Å². The van der Waals surface area contributed by atoms with Gasteiger partial charge in [-0.2, -0.15) is 0 Å². The van der Waals surface area contributed by atoms with E-state index in [9.17, 15) is 0 Å². The third-order valence-corrected chi connectivity index (χ3v) is 1.09. The van der Waals surface area contributed by atoms with Crippen molar-refractivity contribution >= 4 is 0 Å². The fourth-order valence-electron chi connectivity index (χ4n) is 0.475. The molecule has 0 aromatic rings. The maximum Gasteiger partial charge on any atom is 0.0497 e. The summed E-state index contributed by atoms with van der Waals surface area (Å²) in [6, 6.07) is 0. The molecule has 65 valence electrons. The first-order valence-corrected chi connectivity index (χ1v) is 2.91. The van der Waals surface area contributed by atoms with Crippen molar-refractivity contribution in [3.63, 3.8) is 0 Å². The second-order valence-electron chi connectivity index (χ2n) is 1.97. The van der Waals surface area contributed by atoms with Crippen LogP contribution < -0.4 is 0 Å². The Morgan fingerprint density at radius 3 is 2.00 bits per heavy atom. The summed E-state index contributed by atoms with van der Waals surface area (Å²) in [6.07, 6.45) is -2.72. The summed E-state index contributed by atoms with van der Waals surface area (Å²) in [5, 5.41) is 34.5. The minimum absolute atomic E-state index is 0. The molecule has 1 radical (unpaired) electrons. The molecule has 5 heteroatoms. The smallest absolute Gasteiger partial charge is 0.0497 e. The van der Waals surface area contributed by atoms with Gasteiger partial charge in [0.25, 0.3) is 0 Å². The third kappa shape index (κ3) is 6.14. The number of hydrogen-bond donors (Lipinski definition) is 4. The van der Waals surface area contributed by atoms with E-state index >= 15 is 0 Å². The Morgan fingerprint density at radius 1 is 1.27 bits per heavy atom. The molecule has 0 aromatic heterocycles. The second kappa shape index (κ2) is 7.59. The zero-order valence-electron chi connectivity index (χ0n) is 6.09. The Bertz CT molecular complexity index is 88.7. The van der Waals surface area contributed by atoms with E-state index in [1.807, 2.05) is 0 Å². The molecule has 0 heterocycles. The Kier molecular flexibility index (Phi) is 9.98. The van der Waals surface area contributed by atoms with Gasteiger partial charge in [0.15, 0.2) is 0 Å². The van der Waals surface area contributed by atoms with Crippen molar-refractivity contribution < 1.29 is 53.1 Å². The van der Waals surface area contributed by atoms with E-state index < -0.39 is 18.3 Å². The molecule has 0 bridgehead atoms. The van der Waals surface area contributed by atoms with Crippen LogP contribution in [0, 0.1) is 13.3 Å². The van der Waals surface area contributed by atoms with E-state index in [1.54, 1.807) is 0 Å². The fraction of sp³-hybridized carbons (Fsp3) is 0.667.